The van der Waals surface area contributed by atoms with Gasteiger partial charge in [0.15, 0.2) is 0 Å². The fourth-order valence-corrected chi connectivity index (χ4v) is 3.54. The smallest absolute Gasteiger partial charge is 0.407 e. The van der Waals surface area contributed by atoms with Crippen LogP contribution in [0.15, 0.2) is 30.3 Å². The van der Waals surface area contributed by atoms with Crippen molar-refractivity contribution in [3.63, 3.8) is 0 Å². The fraction of sp³-hybridized carbons (Fsp3) is 0.650. The van der Waals surface area contributed by atoms with Crippen LogP contribution in [0.5, 0.6) is 0 Å². The lowest BCUT2D eigenvalue weighted by Gasteiger charge is -2.46. The van der Waals surface area contributed by atoms with E-state index in [4.69, 9.17) is 4.74 Å². The van der Waals surface area contributed by atoms with Gasteiger partial charge in [0.1, 0.15) is 5.60 Å². The van der Waals surface area contributed by atoms with Crippen molar-refractivity contribution in [3.8, 4) is 0 Å². The monoisotopic (exact) mass is 332 g/mol. The maximum Gasteiger partial charge on any atom is 0.407 e. The van der Waals surface area contributed by atoms with Gasteiger partial charge in [-0.25, -0.2) is 4.79 Å². The van der Waals surface area contributed by atoms with Crippen LogP contribution in [0.4, 0.5) is 4.79 Å². The average Bonchev–Trinajstić information content (AvgIpc) is 2.48. The van der Waals surface area contributed by atoms with Gasteiger partial charge in [-0.05, 0) is 45.1 Å². The van der Waals surface area contributed by atoms with Crippen LogP contribution in [-0.4, -0.2) is 35.2 Å². The lowest BCUT2D eigenvalue weighted by molar-refractivity contribution is 0.0202. The largest absolute Gasteiger partial charge is 0.444 e. The SMILES string of the molecule is C[C@H]1[C@@H](NC(=O)OC(C)(C)C)[C@H](C)CN(Cc2ccccc2)[C@@H]1C. The summed E-state index contributed by atoms with van der Waals surface area (Å²) in [6.07, 6.45) is -0.310. The van der Waals surface area contributed by atoms with E-state index in [1.807, 2.05) is 20.8 Å². The summed E-state index contributed by atoms with van der Waals surface area (Å²) in [5.74, 6) is 0.748. The van der Waals surface area contributed by atoms with E-state index >= 15 is 0 Å². The molecule has 1 heterocycles. The molecule has 0 aromatic heterocycles. The van der Waals surface area contributed by atoms with Gasteiger partial charge in [0.25, 0.3) is 0 Å². The second-order valence-electron chi connectivity index (χ2n) is 8.16. The van der Waals surface area contributed by atoms with E-state index in [-0.39, 0.29) is 12.1 Å². The standard InChI is InChI=1S/C20H32N2O2/c1-14-12-22(13-17-10-8-7-9-11-17)16(3)15(2)18(14)21-19(23)24-20(4,5)6/h7-11,14-16,18H,12-13H2,1-6H3,(H,21,23)/t14-,15-,16-,18+/m1/s1. The highest BCUT2D eigenvalue weighted by molar-refractivity contribution is 5.68. The lowest BCUT2D eigenvalue weighted by atomic mass is 9.80. The van der Waals surface area contributed by atoms with E-state index < -0.39 is 5.60 Å². The van der Waals surface area contributed by atoms with Gasteiger partial charge in [-0.2, -0.15) is 0 Å². The molecule has 4 nitrogen and oxygen atoms in total. The lowest BCUT2D eigenvalue weighted by Crippen LogP contribution is -2.58. The number of carbonyl (C=O) groups excluding carboxylic acids is 1. The maximum absolute atomic E-state index is 12.2. The van der Waals surface area contributed by atoms with Gasteiger partial charge < -0.3 is 10.1 Å². The zero-order valence-electron chi connectivity index (χ0n) is 15.9. The van der Waals surface area contributed by atoms with Crippen molar-refractivity contribution < 1.29 is 9.53 Å². The molecule has 0 spiro atoms. The first-order valence-corrected chi connectivity index (χ1v) is 8.95. The molecular formula is C20H32N2O2. The van der Waals surface area contributed by atoms with Crippen LogP contribution < -0.4 is 5.32 Å². The van der Waals surface area contributed by atoms with E-state index in [0.717, 1.165) is 13.1 Å². The number of nitrogens with one attached hydrogen (secondary N) is 1. The Balaban J connectivity index is 1.99. The summed E-state index contributed by atoms with van der Waals surface area (Å²) in [6, 6.07) is 11.1. The van der Waals surface area contributed by atoms with E-state index in [2.05, 4.69) is 61.3 Å². The first kappa shape index (κ1) is 18.8. The molecule has 1 aromatic carbocycles. The summed E-state index contributed by atoms with van der Waals surface area (Å²) in [5, 5.41) is 3.10. The quantitative estimate of drug-likeness (QED) is 0.907. The molecule has 0 bridgehead atoms. The van der Waals surface area contributed by atoms with Crippen molar-refractivity contribution in [3.05, 3.63) is 35.9 Å². The molecule has 1 aromatic rings. The third-order valence-corrected chi connectivity index (χ3v) is 4.95. The Hall–Kier alpha value is -1.55. The molecule has 24 heavy (non-hydrogen) atoms. The topological polar surface area (TPSA) is 41.6 Å². The normalized spacial score (nSPS) is 28.4. The number of likely N-dealkylation sites (tertiary alicyclic amines) is 1. The molecule has 4 atom stereocenters. The molecule has 4 heteroatoms. The molecule has 134 valence electrons. The highest BCUT2D eigenvalue weighted by atomic mass is 16.6. The maximum atomic E-state index is 12.2. The van der Waals surface area contributed by atoms with Crippen molar-refractivity contribution in [1.82, 2.24) is 10.2 Å². The number of piperidine rings is 1. The third-order valence-electron chi connectivity index (χ3n) is 4.95. The molecule has 1 N–H and O–H groups in total. The number of hydrogen-bond acceptors (Lipinski definition) is 3. The second kappa shape index (κ2) is 7.56. The predicted octanol–water partition coefficient (Wildman–Crippen LogP) is 4.06. The summed E-state index contributed by atoms with van der Waals surface area (Å²) in [7, 11) is 0. The Morgan fingerprint density at radius 1 is 1.21 bits per heavy atom. The third kappa shape index (κ3) is 4.97. The van der Waals surface area contributed by atoms with Gasteiger partial charge in [-0.1, -0.05) is 44.2 Å². The minimum atomic E-state index is -0.462. The van der Waals surface area contributed by atoms with Gasteiger partial charge in [0, 0.05) is 25.2 Å². The Morgan fingerprint density at radius 3 is 2.42 bits per heavy atom. The number of carbonyl (C=O) groups is 1. The summed E-state index contributed by atoms with van der Waals surface area (Å²) in [4.78, 5) is 14.7. The molecule has 1 aliphatic rings. The molecule has 1 fully saturated rings. The van der Waals surface area contributed by atoms with Crippen molar-refractivity contribution in [2.45, 2.75) is 65.8 Å². The van der Waals surface area contributed by atoms with Crippen LogP contribution in [0.2, 0.25) is 0 Å². The van der Waals surface area contributed by atoms with E-state index in [1.54, 1.807) is 0 Å². The highest BCUT2D eigenvalue weighted by Crippen LogP contribution is 2.29. The van der Waals surface area contributed by atoms with Crippen molar-refractivity contribution in [2.24, 2.45) is 11.8 Å². The molecule has 1 amide bonds. The van der Waals surface area contributed by atoms with Crippen LogP contribution in [0.1, 0.15) is 47.1 Å². The Morgan fingerprint density at radius 2 is 1.83 bits per heavy atom. The first-order chi connectivity index (χ1) is 11.2. The van der Waals surface area contributed by atoms with Crippen LogP contribution >= 0.6 is 0 Å². The van der Waals surface area contributed by atoms with Gasteiger partial charge >= 0.3 is 6.09 Å². The minimum absolute atomic E-state index is 0.141. The van der Waals surface area contributed by atoms with Crippen LogP contribution in [-0.2, 0) is 11.3 Å². The van der Waals surface area contributed by atoms with Crippen molar-refractivity contribution >= 4 is 6.09 Å². The van der Waals surface area contributed by atoms with Gasteiger partial charge in [-0.15, -0.1) is 0 Å². The molecule has 0 aliphatic carbocycles. The van der Waals surface area contributed by atoms with E-state index in [9.17, 15) is 4.79 Å². The first-order valence-electron chi connectivity index (χ1n) is 8.95. The molecule has 1 aliphatic heterocycles. The molecular weight excluding hydrogens is 300 g/mol. The zero-order chi connectivity index (χ0) is 17.9. The van der Waals surface area contributed by atoms with Crippen LogP contribution in [0.3, 0.4) is 0 Å². The molecule has 1 saturated heterocycles. The Bertz CT molecular complexity index is 538. The van der Waals surface area contributed by atoms with Gasteiger partial charge in [0.2, 0.25) is 0 Å². The van der Waals surface area contributed by atoms with Crippen LogP contribution in [0, 0.1) is 11.8 Å². The number of alkyl carbamates (subject to hydrolysis) is 1. The molecule has 0 radical (unpaired) electrons. The second-order valence-corrected chi connectivity index (χ2v) is 8.16. The fourth-order valence-electron chi connectivity index (χ4n) is 3.54. The van der Waals surface area contributed by atoms with Crippen molar-refractivity contribution in [1.29, 1.82) is 0 Å². The number of benzene rings is 1. The average molecular weight is 332 g/mol. The number of ether oxygens (including phenoxy) is 1. The highest BCUT2D eigenvalue weighted by Gasteiger charge is 2.38. The van der Waals surface area contributed by atoms with Gasteiger partial charge in [0.05, 0.1) is 0 Å². The number of amides is 1. The summed E-state index contributed by atoms with van der Waals surface area (Å²) in [5.41, 5.74) is 0.873. The van der Waals surface area contributed by atoms with Crippen molar-refractivity contribution in [2.75, 3.05) is 6.54 Å². The number of hydrogen-bond donors (Lipinski definition) is 1. The van der Waals surface area contributed by atoms with Gasteiger partial charge in [-0.3, -0.25) is 4.90 Å². The van der Waals surface area contributed by atoms with E-state index in [0.29, 0.717) is 17.9 Å². The zero-order valence-corrected chi connectivity index (χ0v) is 15.9. The molecule has 0 unspecified atom stereocenters. The summed E-state index contributed by atoms with van der Waals surface area (Å²) < 4.78 is 5.43. The van der Waals surface area contributed by atoms with Crippen LogP contribution in [0.25, 0.3) is 0 Å². The summed E-state index contributed by atoms with van der Waals surface area (Å²) in [6.45, 7) is 14.3. The Kier molecular flexibility index (Phi) is 5.92. The summed E-state index contributed by atoms with van der Waals surface area (Å²) >= 11 is 0. The molecule has 2 rings (SSSR count). The number of nitrogens with zero attached hydrogens (tertiary/aromatic N) is 1. The number of rotatable bonds is 3. The Labute approximate surface area is 146 Å². The minimum Gasteiger partial charge on any atom is -0.444 e. The predicted molar refractivity (Wildman–Crippen MR) is 97.8 cm³/mol. The van der Waals surface area contributed by atoms with E-state index in [1.165, 1.54) is 5.56 Å². The molecule has 0 saturated carbocycles.